The quantitative estimate of drug-likeness (QED) is 0.185. The fraction of sp³-hybridized carbons (Fsp3) is 0.500. The van der Waals surface area contributed by atoms with Crippen molar-refractivity contribution < 1.29 is 23.8 Å². The van der Waals surface area contributed by atoms with Gasteiger partial charge >= 0.3 is 0 Å². The zero-order valence-electron chi connectivity index (χ0n) is 25.0. The molecule has 1 fully saturated rings. The molecule has 0 spiro atoms. The third kappa shape index (κ3) is 6.93. The van der Waals surface area contributed by atoms with E-state index >= 15 is 0 Å². The number of carbonyl (C=O) groups is 2. The fourth-order valence-electron chi connectivity index (χ4n) is 4.85. The monoisotopic (exact) mass is 703 g/mol. The van der Waals surface area contributed by atoms with E-state index in [0.717, 1.165) is 50.5 Å². The Balaban J connectivity index is 1.37. The SMILES string of the molecule is COc1c(OCCCN2CCOCC2)ccc2c3n(c(=NC(=O)c4ccc(NC(=O)C(C)(C)C(C)I)nc4)nc12)CCN3. The Morgan fingerprint density at radius 2 is 2.00 bits per heavy atom. The molecule has 1 aromatic carbocycles. The van der Waals surface area contributed by atoms with Crippen molar-refractivity contribution in [3.63, 3.8) is 0 Å². The molecule has 2 N–H and O–H groups in total. The maximum absolute atomic E-state index is 13.2. The number of hydrogen-bond donors (Lipinski definition) is 2. The number of amides is 2. The summed E-state index contributed by atoms with van der Waals surface area (Å²) < 4.78 is 19.3. The van der Waals surface area contributed by atoms with E-state index in [4.69, 9.17) is 19.2 Å². The third-order valence-corrected chi connectivity index (χ3v) is 9.48. The Morgan fingerprint density at radius 1 is 1.21 bits per heavy atom. The van der Waals surface area contributed by atoms with Crippen LogP contribution < -0.4 is 25.7 Å². The van der Waals surface area contributed by atoms with Crippen LogP contribution in [0.4, 0.5) is 11.6 Å². The molecule has 5 rings (SSSR count). The molecule has 230 valence electrons. The van der Waals surface area contributed by atoms with Gasteiger partial charge in [-0.1, -0.05) is 43.4 Å². The normalized spacial score (nSPS) is 16.4. The fourth-order valence-corrected chi connectivity index (χ4v) is 5.13. The first-order valence-corrected chi connectivity index (χ1v) is 15.7. The molecule has 12 nitrogen and oxygen atoms in total. The minimum absolute atomic E-state index is 0.120. The molecule has 2 amide bonds. The van der Waals surface area contributed by atoms with Crippen LogP contribution in [0.1, 0.15) is 37.6 Å². The number of rotatable bonds is 10. The highest BCUT2D eigenvalue weighted by Crippen LogP contribution is 2.37. The second kappa shape index (κ2) is 13.6. The number of morpholine rings is 1. The standard InChI is InChI=1S/C30H38IN7O5/c1-19(31)30(2,3)28(40)34-23-9-6-20(18-33-23)27(39)36-29-35-24-21(26-32-10-12-38(26)29)7-8-22(25(24)41-4)43-15-5-11-37-13-16-42-17-14-37/h6-9,18-19,32H,5,10-17H2,1-4H3,(H,33,34,40). The molecule has 43 heavy (non-hydrogen) atoms. The summed E-state index contributed by atoms with van der Waals surface area (Å²) in [4.78, 5) is 41.7. The Morgan fingerprint density at radius 3 is 2.70 bits per heavy atom. The molecule has 2 aromatic heterocycles. The average Bonchev–Trinajstić information content (AvgIpc) is 3.50. The molecule has 1 atom stereocenters. The Labute approximate surface area is 264 Å². The summed E-state index contributed by atoms with van der Waals surface area (Å²) in [6, 6.07) is 7.05. The lowest BCUT2D eigenvalue weighted by molar-refractivity contribution is -0.123. The van der Waals surface area contributed by atoms with Gasteiger partial charge in [-0.25, -0.2) is 9.97 Å². The van der Waals surface area contributed by atoms with Gasteiger partial charge in [0.1, 0.15) is 17.2 Å². The number of hydrogen-bond acceptors (Lipinski definition) is 9. The van der Waals surface area contributed by atoms with Crippen molar-refractivity contribution >= 4 is 56.9 Å². The molecule has 0 aliphatic carbocycles. The van der Waals surface area contributed by atoms with Crippen molar-refractivity contribution in [1.29, 1.82) is 0 Å². The number of nitrogens with zero attached hydrogens (tertiary/aromatic N) is 5. The van der Waals surface area contributed by atoms with Crippen LogP contribution in [-0.2, 0) is 16.1 Å². The molecule has 0 saturated carbocycles. The van der Waals surface area contributed by atoms with Gasteiger partial charge in [0.15, 0.2) is 11.5 Å². The lowest BCUT2D eigenvalue weighted by Gasteiger charge is -2.26. The highest BCUT2D eigenvalue weighted by Gasteiger charge is 2.32. The maximum Gasteiger partial charge on any atom is 0.281 e. The third-order valence-electron chi connectivity index (χ3n) is 7.92. The number of methoxy groups -OCH3 is 1. The average molecular weight is 704 g/mol. The summed E-state index contributed by atoms with van der Waals surface area (Å²) in [5, 5.41) is 7.07. The van der Waals surface area contributed by atoms with Crippen LogP contribution in [0.15, 0.2) is 35.5 Å². The summed E-state index contributed by atoms with van der Waals surface area (Å²) in [5.41, 5.74) is 0.527. The van der Waals surface area contributed by atoms with Crippen LogP contribution in [0, 0.1) is 5.41 Å². The highest BCUT2D eigenvalue weighted by molar-refractivity contribution is 14.1. The van der Waals surface area contributed by atoms with Gasteiger partial charge in [-0.05, 0) is 30.7 Å². The number of fused-ring (bicyclic) bond motifs is 3. The van der Waals surface area contributed by atoms with E-state index in [2.05, 4.69) is 48.1 Å². The smallest absolute Gasteiger partial charge is 0.281 e. The predicted molar refractivity (Wildman–Crippen MR) is 172 cm³/mol. The van der Waals surface area contributed by atoms with Crippen LogP contribution in [-0.4, -0.2) is 88.3 Å². The molecular formula is C30H38IN7O5. The lowest BCUT2D eigenvalue weighted by Crippen LogP contribution is -2.37. The van der Waals surface area contributed by atoms with Gasteiger partial charge in [-0.3, -0.25) is 19.1 Å². The van der Waals surface area contributed by atoms with Crippen molar-refractivity contribution in [3.05, 3.63) is 41.6 Å². The summed E-state index contributed by atoms with van der Waals surface area (Å²) in [7, 11) is 1.58. The van der Waals surface area contributed by atoms with Gasteiger partial charge < -0.3 is 24.8 Å². The van der Waals surface area contributed by atoms with Gasteiger partial charge in [0.25, 0.3) is 5.91 Å². The van der Waals surface area contributed by atoms with E-state index in [1.165, 1.54) is 6.20 Å². The van der Waals surface area contributed by atoms with Crippen LogP contribution in [0.3, 0.4) is 0 Å². The number of pyridine rings is 1. The second-order valence-electron chi connectivity index (χ2n) is 11.1. The van der Waals surface area contributed by atoms with Crippen molar-refractivity contribution in [1.82, 2.24) is 19.4 Å². The Bertz CT molecular complexity index is 1550. The molecule has 2 aliphatic heterocycles. The minimum Gasteiger partial charge on any atom is -0.491 e. The highest BCUT2D eigenvalue weighted by atomic mass is 127. The molecule has 4 heterocycles. The molecule has 1 saturated heterocycles. The topological polar surface area (TPSA) is 132 Å². The van der Waals surface area contributed by atoms with Crippen molar-refractivity contribution in [2.45, 2.75) is 37.7 Å². The van der Waals surface area contributed by atoms with Gasteiger partial charge in [0.2, 0.25) is 11.5 Å². The summed E-state index contributed by atoms with van der Waals surface area (Å²) >= 11 is 2.24. The number of benzene rings is 1. The largest absolute Gasteiger partial charge is 0.491 e. The number of halogens is 1. The predicted octanol–water partition coefficient (Wildman–Crippen LogP) is 3.50. The van der Waals surface area contributed by atoms with E-state index in [1.54, 1.807) is 19.2 Å². The lowest BCUT2D eigenvalue weighted by atomic mass is 9.89. The molecule has 0 radical (unpaired) electrons. The summed E-state index contributed by atoms with van der Waals surface area (Å²) in [5.74, 6) is 1.64. The molecular weight excluding hydrogens is 665 g/mol. The molecule has 2 aliphatic rings. The molecule has 0 bridgehead atoms. The van der Waals surface area contributed by atoms with Crippen LogP contribution >= 0.6 is 22.6 Å². The Kier molecular flexibility index (Phi) is 9.82. The molecule has 1 unspecified atom stereocenters. The zero-order valence-corrected chi connectivity index (χ0v) is 27.1. The Hall–Kier alpha value is -3.30. The number of carbonyl (C=O) groups excluding carboxylic acids is 2. The zero-order chi connectivity index (χ0) is 30.6. The van der Waals surface area contributed by atoms with Crippen molar-refractivity contribution in [3.8, 4) is 11.5 Å². The van der Waals surface area contributed by atoms with Gasteiger partial charge in [0, 0.05) is 48.2 Å². The van der Waals surface area contributed by atoms with E-state index in [9.17, 15) is 9.59 Å². The molecule has 13 heteroatoms. The molecule has 3 aromatic rings. The van der Waals surface area contributed by atoms with E-state index in [-0.39, 0.29) is 21.0 Å². The summed E-state index contributed by atoms with van der Waals surface area (Å²) in [6.07, 6.45) is 2.28. The van der Waals surface area contributed by atoms with Gasteiger partial charge in [-0.2, -0.15) is 4.99 Å². The van der Waals surface area contributed by atoms with Crippen LogP contribution in [0.5, 0.6) is 11.5 Å². The number of alkyl halides is 1. The van der Waals surface area contributed by atoms with Crippen molar-refractivity contribution in [2.24, 2.45) is 10.4 Å². The minimum atomic E-state index is -0.575. The van der Waals surface area contributed by atoms with E-state index in [0.29, 0.717) is 42.5 Å². The van der Waals surface area contributed by atoms with Crippen molar-refractivity contribution in [2.75, 3.05) is 63.7 Å². The first-order valence-electron chi connectivity index (χ1n) is 14.5. The number of aromatic nitrogens is 3. The van der Waals surface area contributed by atoms with E-state index in [1.807, 2.05) is 37.5 Å². The van der Waals surface area contributed by atoms with Crippen LogP contribution in [0.2, 0.25) is 0 Å². The number of anilines is 2. The maximum atomic E-state index is 13.2. The van der Waals surface area contributed by atoms with E-state index < -0.39 is 11.3 Å². The first kappa shape index (κ1) is 31.1. The van der Waals surface area contributed by atoms with Gasteiger partial charge in [-0.15, -0.1) is 0 Å². The van der Waals surface area contributed by atoms with Crippen LogP contribution in [0.25, 0.3) is 10.9 Å². The van der Waals surface area contributed by atoms with Gasteiger partial charge in [0.05, 0.1) is 37.9 Å². The summed E-state index contributed by atoms with van der Waals surface area (Å²) in [6.45, 7) is 11.9. The number of ether oxygens (including phenoxy) is 3. The first-order chi connectivity index (χ1) is 20.7. The number of nitrogens with one attached hydrogen (secondary N) is 2. The second-order valence-corrected chi connectivity index (χ2v) is 13.0.